The van der Waals surface area contributed by atoms with E-state index >= 15 is 0 Å². The normalized spacial score (nSPS) is 14.7. The Morgan fingerprint density at radius 1 is 0.531 bits per heavy atom. The molecular formula is C47H39NS. The smallest absolute Gasteiger partial charge is 0.0653 e. The molecule has 2 aromatic heterocycles. The molecule has 1 N–H and O–H groups in total. The average molecular weight is 650 g/mol. The van der Waals surface area contributed by atoms with Gasteiger partial charge in [0.1, 0.15) is 0 Å². The van der Waals surface area contributed by atoms with E-state index in [1.807, 2.05) is 29.5 Å². The summed E-state index contributed by atoms with van der Waals surface area (Å²) in [4.78, 5) is 5.47. The van der Waals surface area contributed by atoms with Crippen LogP contribution in [0.4, 0.5) is 0 Å². The van der Waals surface area contributed by atoms with E-state index in [0.29, 0.717) is 0 Å². The topological polar surface area (TPSA) is 15.8 Å². The fraction of sp³-hybridized carbons (Fsp3) is 0.149. The van der Waals surface area contributed by atoms with Gasteiger partial charge in [0.15, 0.2) is 0 Å². The Morgan fingerprint density at radius 2 is 1.20 bits per heavy atom. The van der Waals surface area contributed by atoms with Gasteiger partial charge in [-0.25, -0.2) is 0 Å². The minimum Gasteiger partial charge on any atom is -0.353 e. The van der Waals surface area contributed by atoms with Crippen molar-refractivity contribution in [2.75, 3.05) is 0 Å². The number of hydrogen-bond acceptors (Lipinski definition) is 1. The molecule has 8 aromatic rings. The lowest BCUT2D eigenvalue weighted by molar-refractivity contribution is 0.895. The van der Waals surface area contributed by atoms with Crippen LogP contribution in [0.2, 0.25) is 0 Å². The highest BCUT2D eigenvalue weighted by atomic mass is 32.1. The van der Waals surface area contributed by atoms with E-state index in [9.17, 15) is 0 Å². The lowest BCUT2D eigenvalue weighted by Gasteiger charge is -2.23. The quantitative estimate of drug-likeness (QED) is 0.192. The molecule has 0 saturated heterocycles. The predicted molar refractivity (Wildman–Crippen MR) is 215 cm³/mol. The number of benzene rings is 6. The molecule has 2 aliphatic carbocycles. The van der Waals surface area contributed by atoms with E-state index in [4.69, 9.17) is 0 Å². The molecule has 238 valence electrons. The Morgan fingerprint density at radius 3 is 1.96 bits per heavy atom. The number of aryl methyl sites for hydroxylation is 3. The Bertz CT molecular complexity index is 2670. The van der Waals surface area contributed by atoms with Gasteiger partial charge in [-0.1, -0.05) is 127 Å². The summed E-state index contributed by atoms with van der Waals surface area (Å²) in [5.74, 6) is 0. The first kappa shape index (κ1) is 29.9. The van der Waals surface area contributed by atoms with E-state index in [2.05, 4.69) is 135 Å². The van der Waals surface area contributed by atoms with Crippen molar-refractivity contribution in [2.24, 2.45) is 0 Å². The molecule has 0 unspecified atom stereocenters. The minimum atomic E-state index is 1.11. The van der Waals surface area contributed by atoms with Crippen LogP contribution in [0.1, 0.15) is 53.3 Å². The van der Waals surface area contributed by atoms with E-state index in [0.717, 1.165) is 25.7 Å². The van der Waals surface area contributed by atoms with Crippen molar-refractivity contribution in [1.29, 1.82) is 0 Å². The summed E-state index contributed by atoms with van der Waals surface area (Å²) in [5, 5.41) is 9.41. The van der Waals surface area contributed by atoms with Crippen molar-refractivity contribution in [1.82, 2.24) is 4.98 Å². The average Bonchev–Trinajstić information content (AvgIpc) is 3.72. The van der Waals surface area contributed by atoms with Crippen LogP contribution in [0, 0.1) is 13.8 Å². The third-order valence-electron chi connectivity index (χ3n) is 10.7. The molecule has 0 aliphatic heterocycles. The van der Waals surface area contributed by atoms with Gasteiger partial charge in [-0.05, 0) is 108 Å². The second-order valence-electron chi connectivity index (χ2n) is 13.7. The van der Waals surface area contributed by atoms with Gasteiger partial charge in [-0.3, -0.25) is 0 Å². The van der Waals surface area contributed by atoms with Crippen LogP contribution in [0.25, 0.3) is 65.1 Å². The molecule has 0 bridgehead atoms. The second kappa shape index (κ2) is 12.1. The zero-order chi connectivity index (χ0) is 33.1. The molecule has 10 rings (SSSR count). The first-order chi connectivity index (χ1) is 24.0. The minimum absolute atomic E-state index is 1.11. The van der Waals surface area contributed by atoms with Crippen LogP contribution >= 0.6 is 11.3 Å². The van der Waals surface area contributed by atoms with E-state index in [-0.39, 0.29) is 0 Å². The number of thiophene rings is 1. The van der Waals surface area contributed by atoms with Crippen LogP contribution in [-0.4, -0.2) is 4.98 Å². The number of aromatic amines is 1. The molecule has 1 nitrogen and oxygen atoms in total. The van der Waals surface area contributed by atoms with Gasteiger partial charge in [-0.15, -0.1) is 11.3 Å². The molecule has 2 heterocycles. The first-order valence-electron chi connectivity index (χ1n) is 17.5. The van der Waals surface area contributed by atoms with Crippen LogP contribution in [0.5, 0.6) is 0 Å². The van der Waals surface area contributed by atoms with Gasteiger partial charge in [0, 0.05) is 26.4 Å². The third kappa shape index (κ3) is 5.05. The largest absolute Gasteiger partial charge is 0.353 e. The molecule has 0 fully saturated rings. The Hall–Kier alpha value is -5.18. The van der Waals surface area contributed by atoms with Gasteiger partial charge in [0.25, 0.3) is 0 Å². The maximum atomic E-state index is 3.94. The molecular weight excluding hydrogens is 611 g/mol. The highest BCUT2D eigenvalue weighted by Gasteiger charge is 2.25. The first-order valence-corrected chi connectivity index (χ1v) is 18.3. The van der Waals surface area contributed by atoms with Gasteiger partial charge < -0.3 is 4.98 Å². The lowest BCUT2D eigenvalue weighted by Crippen LogP contribution is -2.04. The van der Waals surface area contributed by atoms with Crippen molar-refractivity contribution in [3.63, 3.8) is 0 Å². The Balaban J connectivity index is 0.000000417. The molecule has 0 spiro atoms. The zero-order valence-corrected chi connectivity index (χ0v) is 29.2. The summed E-state index contributed by atoms with van der Waals surface area (Å²) < 4.78 is 1.40. The van der Waals surface area contributed by atoms with Crippen LogP contribution in [0.15, 0.2) is 138 Å². The monoisotopic (exact) mass is 649 g/mol. The number of nitrogens with one attached hydrogen (secondary N) is 1. The van der Waals surface area contributed by atoms with Crippen molar-refractivity contribution >= 4 is 76.4 Å². The summed E-state index contributed by atoms with van der Waals surface area (Å²) in [7, 11) is 0. The lowest BCUT2D eigenvalue weighted by atomic mass is 9.81. The molecule has 0 saturated carbocycles. The van der Waals surface area contributed by atoms with Crippen LogP contribution < -0.4 is 0 Å². The fourth-order valence-corrected chi connectivity index (χ4v) is 9.55. The van der Waals surface area contributed by atoms with Crippen molar-refractivity contribution in [3.8, 4) is 0 Å². The summed E-state index contributed by atoms with van der Waals surface area (Å²) in [6.45, 7) is 6.62. The van der Waals surface area contributed by atoms with Gasteiger partial charge in [-0.2, -0.15) is 0 Å². The van der Waals surface area contributed by atoms with E-state index in [1.54, 1.807) is 0 Å². The predicted octanol–water partition coefficient (Wildman–Crippen LogP) is 13.7. The molecule has 0 radical (unpaired) electrons. The Kier molecular flexibility index (Phi) is 7.36. The molecule has 6 aromatic carbocycles. The number of H-pyrrole nitrogens is 1. The van der Waals surface area contributed by atoms with Crippen LogP contribution in [0.3, 0.4) is 0 Å². The number of allylic oxidation sites excluding steroid dienone is 5. The highest BCUT2D eigenvalue weighted by Crippen LogP contribution is 2.49. The maximum Gasteiger partial charge on any atom is 0.0653 e. The Labute approximate surface area is 291 Å². The summed E-state index contributed by atoms with van der Waals surface area (Å²) in [6, 6.07) is 41.5. The molecule has 2 heteroatoms. The van der Waals surface area contributed by atoms with Crippen molar-refractivity contribution < 1.29 is 0 Å². The molecule has 49 heavy (non-hydrogen) atoms. The summed E-state index contributed by atoms with van der Waals surface area (Å²) in [5.41, 5.74) is 14.1. The number of aromatic nitrogens is 1. The number of rotatable bonds is 2. The molecule has 0 amide bonds. The van der Waals surface area contributed by atoms with Gasteiger partial charge >= 0.3 is 0 Å². The second-order valence-corrected chi connectivity index (χ2v) is 14.8. The third-order valence-corrected chi connectivity index (χ3v) is 12.0. The fourth-order valence-electron chi connectivity index (χ4n) is 8.25. The highest BCUT2D eigenvalue weighted by molar-refractivity contribution is 7.20. The van der Waals surface area contributed by atoms with Crippen molar-refractivity contribution in [3.05, 3.63) is 165 Å². The summed E-state index contributed by atoms with van der Waals surface area (Å²) in [6.07, 6.45) is 9.50. The van der Waals surface area contributed by atoms with Crippen molar-refractivity contribution in [2.45, 2.75) is 46.5 Å². The van der Waals surface area contributed by atoms with Gasteiger partial charge in [0.05, 0.1) is 15.7 Å². The zero-order valence-electron chi connectivity index (χ0n) is 28.4. The summed E-state index contributed by atoms with van der Waals surface area (Å²) >= 11 is 2.01. The number of hydrogen-bond donors (Lipinski definition) is 1. The number of fused-ring (bicyclic) bond motifs is 12. The van der Waals surface area contributed by atoms with Gasteiger partial charge in [0.2, 0.25) is 0 Å². The SMILES string of the molecule is CC1=C(c2ccccc2C)CCC(C2=Cc3c(sc4c5[nH]c6c7ccccc7ccc6c5c5ccccc5c34)CC2)=C1.Cc1ccccc1. The molecule has 0 atom stereocenters. The molecule has 2 aliphatic rings. The van der Waals surface area contributed by atoms with Crippen LogP contribution in [-0.2, 0) is 6.42 Å². The maximum absolute atomic E-state index is 3.94. The standard InChI is InChI=1S/C40H31NS.C7H8/c1-23-9-3-5-11-28(23)29-18-16-26(21-24(29)2)27-17-20-35-34(22-27)37-32-14-8-7-13-31(32)36-33-19-15-25-10-4-6-12-30(25)38(33)41-39(36)40(37)42-35;1-7-5-3-2-4-6-7/h3-15,19,21-22,41H,16-18,20H2,1-2H3;2-6H,1H3. The van der Waals surface area contributed by atoms with E-state index in [1.165, 1.54) is 103 Å². The van der Waals surface area contributed by atoms with E-state index < -0.39 is 0 Å².